The van der Waals surface area contributed by atoms with Crippen LogP contribution in [0.2, 0.25) is 0 Å². The molecule has 0 bridgehead atoms. The average Bonchev–Trinajstić information content (AvgIpc) is 2.70. The molecule has 2 heterocycles. The molecule has 18 heavy (non-hydrogen) atoms. The number of carbonyl (C=O) groups is 1. The number of hydrogen-bond acceptors (Lipinski definition) is 4. The van der Waals surface area contributed by atoms with E-state index in [-0.39, 0.29) is 11.4 Å². The van der Waals surface area contributed by atoms with Crippen LogP contribution in [0.1, 0.15) is 30.1 Å². The van der Waals surface area contributed by atoms with E-state index in [0.29, 0.717) is 28.7 Å². The van der Waals surface area contributed by atoms with E-state index < -0.39 is 0 Å². The van der Waals surface area contributed by atoms with Gasteiger partial charge in [0.05, 0.1) is 19.1 Å². The molecule has 0 saturated carbocycles. The summed E-state index contributed by atoms with van der Waals surface area (Å²) in [4.78, 5) is 12.3. The summed E-state index contributed by atoms with van der Waals surface area (Å²) in [6.07, 6.45) is 1.44. The van der Waals surface area contributed by atoms with Crippen molar-refractivity contribution in [3.05, 3.63) is 23.8 Å². The molecule has 1 saturated heterocycles. The number of methoxy groups -OCH3 is 1. The van der Waals surface area contributed by atoms with Crippen LogP contribution in [0.5, 0.6) is 11.5 Å². The number of ether oxygens (including phenoxy) is 2. The number of Topliss-reactive ketones (excluding diaryl/α,β-unsaturated/α-hetero) is 1. The highest BCUT2D eigenvalue weighted by Crippen LogP contribution is 2.45. The minimum atomic E-state index is -0.275. The van der Waals surface area contributed by atoms with Gasteiger partial charge in [-0.3, -0.25) is 4.79 Å². The molecule has 0 N–H and O–H groups in total. The Bertz CT molecular complexity index is 500. The number of carbonyl (C=O) groups excluding carboxylic acids is 1. The predicted octanol–water partition coefficient (Wildman–Crippen LogP) is 2.92. The summed E-state index contributed by atoms with van der Waals surface area (Å²) in [5.74, 6) is 2.49. The molecule has 0 aliphatic carbocycles. The van der Waals surface area contributed by atoms with Crippen molar-refractivity contribution in [2.24, 2.45) is 0 Å². The molecular weight excluding hydrogens is 248 g/mol. The van der Waals surface area contributed by atoms with Gasteiger partial charge >= 0.3 is 0 Å². The van der Waals surface area contributed by atoms with E-state index in [1.165, 1.54) is 0 Å². The second-order valence-corrected chi connectivity index (χ2v) is 6.50. The molecule has 2 unspecified atom stereocenters. The fourth-order valence-corrected chi connectivity index (χ4v) is 4.02. The lowest BCUT2D eigenvalue weighted by Crippen LogP contribution is -2.42. The fraction of sp³-hybridized carbons (Fsp3) is 0.500. The van der Waals surface area contributed by atoms with Gasteiger partial charge in [0, 0.05) is 11.0 Å². The highest BCUT2D eigenvalue weighted by molar-refractivity contribution is 8.00. The van der Waals surface area contributed by atoms with Crippen LogP contribution in [0.4, 0.5) is 0 Å². The lowest BCUT2D eigenvalue weighted by molar-refractivity contribution is 0.0541. The van der Waals surface area contributed by atoms with Crippen molar-refractivity contribution < 1.29 is 14.3 Å². The van der Waals surface area contributed by atoms with Crippen LogP contribution in [0.15, 0.2) is 18.2 Å². The lowest BCUT2D eigenvalue weighted by Gasteiger charge is -2.34. The number of fused-ring (bicyclic) bond motifs is 1. The van der Waals surface area contributed by atoms with Gasteiger partial charge in [-0.05, 0) is 24.6 Å². The summed E-state index contributed by atoms with van der Waals surface area (Å²) in [5.41, 5.74) is 0.382. The smallest absolute Gasteiger partial charge is 0.170 e. The zero-order valence-corrected chi connectivity index (χ0v) is 11.4. The van der Waals surface area contributed by atoms with Gasteiger partial charge in [0.25, 0.3) is 0 Å². The second kappa shape index (κ2) is 4.19. The number of rotatable bonds is 1. The molecule has 2 aliphatic heterocycles. The van der Waals surface area contributed by atoms with Gasteiger partial charge in [0.15, 0.2) is 5.78 Å². The molecule has 0 aromatic heterocycles. The third kappa shape index (κ3) is 1.88. The monoisotopic (exact) mass is 264 g/mol. The van der Waals surface area contributed by atoms with Crippen molar-refractivity contribution in [3.63, 3.8) is 0 Å². The van der Waals surface area contributed by atoms with Gasteiger partial charge in [-0.25, -0.2) is 0 Å². The first-order valence-corrected chi connectivity index (χ1v) is 7.19. The SMILES string of the molecule is COc1ccc2c(c1)C(=O)CC1(CSC(C)C1)O2. The van der Waals surface area contributed by atoms with Crippen LogP contribution >= 0.6 is 11.8 Å². The van der Waals surface area contributed by atoms with Crippen molar-refractivity contribution in [1.29, 1.82) is 0 Å². The van der Waals surface area contributed by atoms with Crippen LogP contribution in [0, 0.1) is 0 Å². The summed E-state index contributed by atoms with van der Waals surface area (Å²) in [5, 5.41) is 0.567. The Labute approximate surface area is 111 Å². The number of hydrogen-bond donors (Lipinski definition) is 0. The van der Waals surface area contributed by atoms with Crippen molar-refractivity contribution in [2.45, 2.75) is 30.6 Å². The van der Waals surface area contributed by atoms with E-state index in [9.17, 15) is 4.79 Å². The van der Waals surface area contributed by atoms with Gasteiger partial charge < -0.3 is 9.47 Å². The lowest BCUT2D eigenvalue weighted by atomic mass is 9.88. The summed E-state index contributed by atoms with van der Waals surface area (Å²) in [6, 6.07) is 5.47. The summed E-state index contributed by atoms with van der Waals surface area (Å²) in [7, 11) is 1.60. The third-order valence-corrected chi connectivity index (χ3v) is 5.02. The average molecular weight is 264 g/mol. The van der Waals surface area contributed by atoms with Crippen LogP contribution in [-0.2, 0) is 0 Å². The standard InChI is InChI=1S/C14H16O3S/c1-9-6-14(8-18-9)7-12(15)11-5-10(16-2)3-4-13(11)17-14/h3-5,9H,6-8H2,1-2H3. The minimum absolute atomic E-state index is 0.171. The first-order valence-electron chi connectivity index (χ1n) is 6.14. The molecule has 0 amide bonds. The number of ketones is 1. The third-order valence-electron chi connectivity index (χ3n) is 3.59. The largest absolute Gasteiger partial charge is 0.497 e. The maximum atomic E-state index is 12.3. The van der Waals surface area contributed by atoms with Crippen molar-refractivity contribution >= 4 is 17.5 Å². The van der Waals surface area contributed by atoms with Crippen LogP contribution in [0.3, 0.4) is 0 Å². The normalized spacial score (nSPS) is 30.1. The molecule has 0 radical (unpaired) electrons. The quantitative estimate of drug-likeness (QED) is 0.781. The van der Waals surface area contributed by atoms with E-state index >= 15 is 0 Å². The van der Waals surface area contributed by atoms with Crippen molar-refractivity contribution in [2.75, 3.05) is 12.9 Å². The van der Waals surface area contributed by atoms with Gasteiger partial charge in [0.2, 0.25) is 0 Å². The zero-order valence-electron chi connectivity index (χ0n) is 10.6. The maximum Gasteiger partial charge on any atom is 0.170 e. The molecule has 2 atom stereocenters. The van der Waals surface area contributed by atoms with Gasteiger partial charge in [-0.2, -0.15) is 11.8 Å². The van der Waals surface area contributed by atoms with E-state index in [2.05, 4.69) is 6.92 Å². The Morgan fingerprint density at radius 1 is 1.50 bits per heavy atom. The maximum absolute atomic E-state index is 12.3. The molecule has 96 valence electrons. The Balaban J connectivity index is 1.96. The molecule has 1 fully saturated rings. The Hall–Kier alpha value is -1.16. The molecule has 2 aliphatic rings. The van der Waals surface area contributed by atoms with Gasteiger partial charge in [-0.15, -0.1) is 0 Å². The molecular formula is C14H16O3S. The predicted molar refractivity (Wildman–Crippen MR) is 71.8 cm³/mol. The number of thioether (sulfide) groups is 1. The number of benzene rings is 1. The van der Waals surface area contributed by atoms with Gasteiger partial charge in [-0.1, -0.05) is 6.92 Å². The van der Waals surface area contributed by atoms with Crippen molar-refractivity contribution in [3.8, 4) is 11.5 Å². The summed E-state index contributed by atoms with van der Waals surface area (Å²) >= 11 is 1.89. The van der Waals surface area contributed by atoms with E-state index in [1.54, 1.807) is 13.2 Å². The van der Waals surface area contributed by atoms with Crippen LogP contribution < -0.4 is 9.47 Å². The summed E-state index contributed by atoms with van der Waals surface area (Å²) < 4.78 is 11.3. The molecule has 3 rings (SSSR count). The minimum Gasteiger partial charge on any atom is -0.497 e. The zero-order chi connectivity index (χ0) is 12.8. The first kappa shape index (κ1) is 11.9. The highest BCUT2D eigenvalue weighted by atomic mass is 32.2. The highest BCUT2D eigenvalue weighted by Gasteiger charge is 2.45. The Kier molecular flexibility index (Phi) is 2.77. The first-order chi connectivity index (χ1) is 8.62. The second-order valence-electron chi connectivity index (χ2n) is 5.07. The molecule has 4 heteroatoms. The topological polar surface area (TPSA) is 35.5 Å². The fourth-order valence-electron chi connectivity index (χ4n) is 2.73. The molecule has 1 aromatic carbocycles. The van der Waals surface area contributed by atoms with E-state index in [0.717, 1.165) is 12.2 Å². The van der Waals surface area contributed by atoms with E-state index in [1.807, 2.05) is 23.9 Å². The Morgan fingerprint density at radius 3 is 3.00 bits per heavy atom. The van der Waals surface area contributed by atoms with Crippen LogP contribution in [-0.4, -0.2) is 29.5 Å². The molecule has 1 aromatic rings. The molecule has 1 spiro atoms. The Morgan fingerprint density at radius 2 is 2.33 bits per heavy atom. The summed E-state index contributed by atoms with van der Waals surface area (Å²) in [6.45, 7) is 2.19. The molecule has 3 nitrogen and oxygen atoms in total. The van der Waals surface area contributed by atoms with E-state index in [4.69, 9.17) is 9.47 Å². The van der Waals surface area contributed by atoms with Crippen LogP contribution in [0.25, 0.3) is 0 Å². The van der Waals surface area contributed by atoms with Crippen molar-refractivity contribution in [1.82, 2.24) is 0 Å². The van der Waals surface area contributed by atoms with Gasteiger partial charge in [0.1, 0.15) is 17.1 Å².